The normalized spacial score (nSPS) is 11.2. The molecule has 0 atom stereocenters. The highest BCUT2D eigenvalue weighted by Gasteiger charge is 2.21. The molecule has 2 nitrogen and oxygen atoms in total. The number of rotatable bonds is 20. The minimum atomic E-state index is 1.08. The molecule has 0 fully saturated rings. The van der Waals surface area contributed by atoms with Crippen molar-refractivity contribution in [2.24, 2.45) is 0 Å². The van der Waals surface area contributed by atoms with Gasteiger partial charge in [0.05, 0.1) is 0 Å². The Balaban J connectivity index is 0.000000161. The van der Waals surface area contributed by atoms with Crippen LogP contribution in [-0.4, -0.2) is 0 Å². The van der Waals surface area contributed by atoms with Crippen molar-refractivity contribution >= 4 is 77.2 Å². The van der Waals surface area contributed by atoms with Crippen molar-refractivity contribution in [3.63, 3.8) is 0 Å². The third-order valence-corrected chi connectivity index (χ3v) is 26.8. The van der Waals surface area contributed by atoms with E-state index < -0.39 is 0 Å². The zero-order chi connectivity index (χ0) is 91.9. The molecule has 0 aliphatic carbocycles. The van der Waals surface area contributed by atoms with E-state index >= 15 is 0 Å². The first-order valence-corrected chi connectivity index (χ1v) is 47.4. The van der Waals surface area contributed by atoms with Crippen LogP contribution in [0.2, 0.25) is 0 Å². The van der Waals surface area contributed by atoms with E-state index in [0.717, 1.165) is 56.4 Å². The van der Waals surface area contributed by atoms with Gasteiger partial charge in [-0.25, -0.2) is 0 Å². The molecule has 0 aromatic heterocycles. The van der Waals surface area contributed by atoms with Crippen molar-refractivity contribution in [3.05, 3.63) is 570 Å². The number of anilines is 6. The number of hydrogen-bond acceptors (Lipinski definition) is 2. The Kier molecular flexibility index (Phi) is 23.3. The SMILES string of the molecule is c1ccc(-c2cccc(-c3cc(-c4ccc(N(c5ccccc5)c5ccc(-c6cc(-c7cccc(-c8ccccc8)c7)cc(-c7cccc(-c8ccccc8)c7)c6)cc5)cc4)cc(-c4cccc(-c5ccccc5)c4)c3)c2)cc1.c1ccc(N(c2ccc(-c3cccc(-c4cc5ccccc5c5ccccc45)c3)cc2)c2ccc(-c3cccc(-c4cc5ccccc5c5ccccc45)c3)cc2)cc1. The van der Waals surface area contributed by atoms with Crippen LogP contribution in [0.5, 0.6) is 0 Å². The monoisotopic (exact) mass is 1750 g/mol. The zero-order valence-electron chi connectivity index (χ0n) is 76.2. The Morgan fingerprint density at radius 3 is 0.507 bits per heavy atom. The number of benzene rings is 24. The summed E-state index contributed by atoms with van der Waals surface area (Å²) in [4.78, 5) is 4.69. The van der Waals surface area contributed by atoms with Gasteiger partial charge in [0, 0.05) is 34.1 Å². The van der Waals surface area contributed by atoms with E-state index in [0.29, 0.717) is 0 Å². The summed E-state index contributed by atoms with van der Waals surface area (Å²) in [6.07, 6.45) is 0. The van der Waals surface area contributed by atoms with E-state index in [9.17, 15) is 0 Å². The third kappa shape index (κ3) is 17.7. The quantitative estimate of drug-likeness (QED) is 0.0702. The molecule has 24 aromatic carbocycles. The smallest absolute Gasteiger partial charge is 0.0462 e. The summed E-state index contributed by atoms with van der Waals surface area (Å²) < 4.78 is 0. The molecule has 24 aromatic rings. The second kappa shape index (κ2) is 38.3. The Morgan fingerprint density at radius 2 is 0.246 bits per heavy atom. The molecular weight excluding hydrogens is 1660 g/mol. The molecule has 0 unspecified atom stereocenters. The van der Waals surface area contributed by atoms with E-state index in [4.69, 9.17) is 0 Å². The molecule has 0 amide bonds. The van der Waals surface area contributed by atoms with Gasteiger partial charge in [-0.2, -0.15) is 0 Å². The van der Waals surface area contributed by atoms with Gasteiger partial charge in [-0.05, 0) is 357 Å². The molecule has 0 radical (unpaired) electrons. The molecular formula is C136H94N2. The van der Waals surface area contributed by atoms with Crippen molar-refractivity contribution < 1.29 is 0 Å². The summed E-state index contributed by atoms with van der Waals surface area (Å²) >= 11 is 0. The molecule has 0 N–H and O–H groups in total. The van der Waals surface area contributed by atoms with E-state index in [2.05, 4.69) is 580 Å². The average molecular weight is 1760 g/mol. The minimum Gasteiger partial charge on any atom is -0.311 e. The van der Waals surface area contributed by atoms with Crippen LogP contribution in [0.4, 0.5) is 34.1 Å². The summed E-state index contributed by atoms with van der Waals surface area (Å²) in [5.41, 5.74) is 39.9. The molecule has 0 saturated carbocycles. The fourth-order valence-electron chi connectivity index (χ4n) is 19.9. The topological polar surface area (TPSA) is 6.48 Å². The zero-order valence-corrected chi connectivity index (χ0v) is 76.2. The van der Waals surface area contributed by atoms with Gasteiger partial charge in [-0.15, -0.1) is 0 Å². The molecule has 138 heavy (non-hydrogen) atoms. The van der Waals surface area contributed by atoms with Crippen molar-refractivity contribution in [1.82, 2.24) is 0 Å². The van der Waals surface area contributed by atoms with Crippen LogP contribution in [0.25, 0.3) is 199 Å². The highest BCUT2D eigenvalue weighted by Crippen LogP contribution is 2.46. The first-order valence-electron chi connectivity index (χ1n) is 47.4. The second-order valence-electron chi connectivity index (χ2n) is 35.5. The standard InChI is InChI=1S/C78H55N.C58H39N/c1-6-20-56(21-7-1)62-28-16-32-66(46-62)72-50-70(51-73(54-72)67-33-17-29-63(47-67)57-22-8-2-9-23-57)60-38-42-77(43-39-60)79(76-36-14-5-15-37-76)78-44-40-61(41-45-78)71-52-74(68-34-18-30-64(48-68)58-24-10-3-11-25-58)55-75(53-71)69-35-19-31-65(49-69)59-26-12-4-13-27-59;1-2-20-48(21-3-1)59(49-32-28-40(29-33-49)42-16-12-18-44(36-42)57-38-46-14-4-6-22-51(46)53-24-8-10-26-55(53)57)50-34-30-41(31-35-50)43-17-13-19-45(37-43)58-39-47-15-5-7-23-52(47)54-25-9-11-27-56(54)58/h1-55H;1-39H. The Morgan fingerprint density at radius 1 is 0.0870 bits per heavy atom. The largest absolute Gasteiger partial charge is 0.311 e. The predicted molar refractivity (Wildman–Crippen MR) is 588 cm³/mol. The third-order valence-electron chi connectivity index (χ3n) is 26.8. The Bertz CT molecular complexity index is 7830. The number of fused-ring (bicyclic) bond motifs is 6. The van der Waals surface area contributed by atoms with Crippen LogP contribution in [0.15, 0.2) is 570 Å². The molecule has 24 rings (SSSR count). The molecule has 0 saturated heterocycles. The maximum absolute atomic E-state index is 2.35. The molecule has 0 aliphatic rings. The van der Waals surface area contributed by atoms with Gasteiger partial charge in [-0.3, -0.25) is 0 Å². The molecule has 0 heterocycles. The summed E-state index contributed by atoms with van der Waals surface area (Å²) in [5, 5.41) is 10.2. The molecule has 0 spiro atoms. The molecule has 0 aliphatic heterocycles. The summed E-state index contributed by atoms with van der Waals surface area (Å²) in [6.45, 7) is 0. The van der Waals surface area contributed by atoms with E-state index in [1.165, 1.54) is 177 Å². The predicted octanol–water partition coefficient (Wildman–Crippen LogP) is 38.3. The fourth-order valence-corrected chi connectivity index (χ4v) is 19.9. The van der Waals surface area contributed by atoms with Crippen LogP contribution in [0.1, 0.15) is 0 Å². The van der Waals surface area contributed by atoms with Gasteiger partial charge in [0.2, 0.25) is 0 Å². The van der Waals surface area contributed by atoms with Gasteiger partial charge in [0.15, 0.2) is 0 Å². The van der Waals surface area contributed by atoms with Crippen LogP contribution in [0.3, 0.4) is 0 Å². The van der Waals surface area contributed by atoms with Gasteiger partial charge in [0.1, 0.15) is 0 Å². The highest BCUT2D eigenvalue weighted by molar-refractivity contribution is 6.15. The van der Waals surface area contributed by atoms with E-state index in [-0.39, 0.29) is 0 Å². The Labute approximate surface area is 807 Å². The lowest BCUT2D eigenvalue weighted by molar-refractivity contribution is 1.28. The summed E-state index contributed by atoms with van der Waals surface area (Å²) in [6, 6.07) is 207. The maximum Gasteiger partial charge on any atom is 0.0462 e. The lowest BCUT2D eigenvalue weighted by Gasteiger charge is -2.26. The van der Waals surface area contributed by atoms with Gasteiger partial charge < -0.3 is 9.80 Å². The molecule has 648 valence electrons. The number of para-hydroxylation sites is 2. The first-order chi connectivity index (χ1) is 68.4. The molecule has 0 bridgehead atoms. The average Bonchev–Trinajstić information content (AvgIpc) is 0.741. The van der Waals surface area contributed by atoms with Gasteiger partial charge >= 0.3 is 0 Å². The maximum atomic E-state index is 2.35. The number of hydrogen-bond donors (Lipinski definition) is 0. The number of nitrogens with zero attached hydrogens (tertiary/aromatic N) is 2. The minimum absolute atomic E-state index is 1.08. The van der Waals surface area contributed by atoms with Gasteiger partial charge in [-0.1, -0.05) is 413 Å². The highest BCUT2D eigenvalue weighted by atomic mass is 15.1. The van der Waals surface area contributed by atoms with Crippen molar-refractivity contribution in [1.29, 1.82) is 0 Å². The van der Waals surface area contributed by atoms with E-state index in [1.807, 2.05) is 0 Å². The van der Waals surface area contributed by atoms with Gasteiger partial charge in [0.25, 0.3) is 0 Å². The summed E-state index contributed by atoms with van der Waals surface area (Å²) in [5.74, 6) is 0. The van der Waals surface area contributed by atoms with Crippen LogP contribution >= 0.6 is 0 Å². The first kappa shape index (κ1) is 84.2. The Hall–Kier alpha value is -18.1. The van der Waals surface area contributed by atoms with Crippen molar-refractivity contribution in [2.75, 3.05) is 9.80 Å². The van der Waals surface area contributed by atoms with Crippen LogP contribution in [-0.2, 0) is 0 Å². The van der Waals surface area contributed by atoms with E-state index in [1.54, 1.807) is 0 Å². The van der Waals surface area contributed by atoms with Crippen LogP contribution < -0.4 is 9.80 Å². The summed E-state index contributed by atoms with van der Waals surface area (Å²) in [7, 11) is 0. The lowest BCUT2D eigenvalue weighted by atomic mass is 9.91. The second-order valence-corrected chi connectivity index (χ2v) is 35.5. The van der Waals surface area contributed by atoms with Crippen molar-refractivity contribution in [3.8, 4) is 156 Å². The van der Waals surface area contributed by atoms with Crippen molar-refractivity contribution in [2.45, 2.75) is 0 Å². The lowest BCUT2D eigenvalue weighted by Crippen LogP contribution is -2.09. The molecule has 2 heteroatoms. The fraction of sp³-hybridized carbons (Fsp3) is 0. The van der Waals surface area contributed by atoms with Crippen LogP contribution in [0, 0.1) is 0 Å².